The molecule has 1 aliphatic rings. The van der Waals surface area contributed by atoms with Gasteiger partial charge in [0.25, 0.3) is 5.91 Å². The second kappa shape index (κ2) is 8.88. The minimum absolute atomic E-state index is 0.166. The molecule has 1 saturated heterocycles. The van der Waals surface area contributed by atoms with Gasteiger partial charge >= 0.3 is 0 Å². The molecular formula is C18H15N3O2S3. The van der Waals surface area contributed by atoms with E-state index in [1.54, 1.807) is 17.7 Å². The van der Waals surface area contributed by atoms with E-state index in [1.165, 1.54) is 28.0 Å². The summed E-state index contributed by atoms with van der Waals surface area (Å²) < 4.78 is 0.469. The largest absolute Gasteiger partial charge is 0.302 e. The minimum Gasteiger partial charge on any atom is -0.302 e. The van der Waals surface area contributed by atoms with Gasteiger partial charge in [0.1, 0.15) is 4.32 Å². The van der Waals surface area contributed by atoms with E-state index in [0.717, 1.165) is 5.56 Å². The quantitative estimate of drug-likeness (QED) is 0.587. The number of carbonyl (C=O) groups excluding carboxylic acids is 2. The Hall–Kier alpha value is -2.29. The van der Waals surface area contributed by atoms with Crippen LogP contribution in [-0.2, 0) is 9.59 Å². The van der Waals surface area contributed by atoms with Gasteiger partial charge in [0.05, 0.1) is 4.91 Å². The lowest BCUT2D eigenvalue weighted by Gasteiger charge is -2.13. The van der Waals surface area contributed by atoms with Crippen LogP contribution in [0.2, 0.25) is 0 Å². The maximum Gasteiger partial charge on any atom is 0.266 e. The molecule has 0 saturated carbocycles. The average Bonchev–Trinajstić information content (AvgIpc) is 3.23. The normalized spacial score (nSPS) is 16.0. The lowest BCUT2D eigenvalue weighted by molar-refractivity contribution is -0.122. The zero-order chi connectivity index (χ0) is 18.4. The number of hydrogen-bond donors (Lipinski definition) is 1. The molecule has 2 amide bonds. The summed E-state index contributed by atoms with van der Waals surface area (Å²) in [6, 6.07) is 9.83. The number of anilines is 1. The summed E-state index contributed by atoms with van der Waals surface area (Å²) in [7, 11) is 0. The van der Waals surface area contributed by atoms with Crippen molar-refractivity contribution in [3.05, 3.63) is 64.5 Å². The number of hydrogen-bond acceptors (Lipinski definition) is 6. The number of rotatable bonds is 6. The van der Waals surface area contributed by atoms with Crippen LogP contribution < -0.4 is 5.32 Å². The Labute approximate surface area is 164 Å². The van der Waals surface area contributed by atoms with Gasteiger partial charge in [-0.1, -0.05) is 66.5 Å². The van der Waals surface area contributed by atoms with Crippen molar-refractivity contribution in [2.45, 2.75) is 6.42 Å². The van der Waals surface area contributed by atoms with E-state index in [0.29, 0.717) is 14.4 Å². The highest BCUT2D eigenvalue weighted by Gasteiger charge is 2.31. The van der Waals surface area contributed by atoms with E-state index in [2.05, 4.69) is 10.3 Å². The number of thiazole rings is 1. The summed E-state index contributed by atoms with van der Waals surface area (Å²) in [6.45, 7) is 0.252. The number of thioether (sulfide) groups is 1. The zero-order valence-corrected chi connectivity index (χ0v) is 16.1. The molecule has 1 aromatic carbocycles. The van der Waals surface area contributed by atoms with Crippen LogP contribution in [0.25, 0.3) is 6.08 Å². The first kappa shape index (κ1) is 18.5. The molecule has 26 heavy (non-hydrogen) atoms. The number of amides is 2. The monoisotopic (exact) mass is 401 g/mol. The number of aromatic nitrogens is 1. The Kier molecular flexibility index (Phi) is 6.32. The SMILES string of the molecule is O=C(CCN1C(=O)/C(=C\C=C\c2ccccc2)SC1=S)Nc1nccs1. The third-order valence-electron chi connectivity index (χ3n) is 3.45. The van der Waals surface area contributed by atoms with Crippen LogP contribution in [0.5, 0.6) is 0 Å². The van der Waals surface area contributed by atoms with Gasteiger partial charge in [0.2, 0.25) is 5.91 Å². The molecule has 2 heterocycles. The van der Waals surface area contributed by atoms with E-state index < -0.39 is 0 Å². The van der Waals surface area contributed by atoms with Crippen molar-refractivity contribution in [3.8, 4) is 0 Å². The van der Waals surface area contributed by atoms with Gasteiger partial charge in [-0.3, -0.25) is 14.5 Å². The molecule has 132 valence electrons. The Balaban J connectivity index is 1.55. The predicted molar refractivity (Wildman–Crippen MR) is 111 cm³/mol. The first-order valence-corrected chi connectivity index (χ1v) is 9.90. The van der Waals surface area contributed by atoms with Crippen LogP contribution in [0.4, 0.5) is 5.13 Å². The van der Waals surface area contributed by atoms with Gasteiger partial charge < -0.3 is 5.32 Å². The number of carbonyl (C=O) groups is 2. The van der Waals surface area contributed by atoms with E-state index in [-0.39, 0.29) is 24.8 Å². The summed E-state index contributed by atoms with van der Waals surface area (Å²) >= 11 is 7.87. The van der Waals surface area contributed by atoms with E-state index >= 15 is 0 Å². The lowest BCUT2D eigenvalue weighted by atomic mass is 10.2. The molecule has 1 fully saturated rings. The van der Waals surface area contributed by atoms with Crippen LogP contribution in [-0.4, -0.2) is 32.6 Å². The van der Waals surface area contributed by atoms with Gasteiger partial charge in [-0.15, -0.1) is 11.3 Å². The summed E-state index contributed by atoms with van der Waals surface area (Å²) in [6.07, 6.45) is 7.29. The third kappa shape index (κ3) is 4.87. The maximum absolute atomic E-state index is 12.5. The van der Waals surface area contributed by atoms with Crippen molar-refractivity contribution < 1.29 is 9.59 Å². The lowest BCUT2D eigenvalue weighted by Crippen LogP contribution is -2.31. The summed E-state index contributed by atoms with van der Waals surface area (Å²) in [5.41, 5.74) is 1.05. The first-order chi connectivity index (χ1) is 12.6. The number of nitrogens with one attached hydrogen (secondary N) is 1. The highest BCUT2D eigenvalue weighted by Crippen LogP contribution is 2.31. The Morgan fingerprint density at radius 1 is 1.31 bits per heavy atom. The van der Waals surface area contributed by atoms with Crippen molar-refractivity contribution in [3.63, 3.8) is 0 Å². The van der Waals surface area contributed by atoms with Crippen LogP contribution >= 0.6 is 35.3 Å². The van der Waals surface area contributed by atoms with E-state index in [4.69, 9.17) is 12.2 Å². The third-order valence-corrected chi connectivity index (χ3v) is 5.54. The first-order valence-electron chi connectivity index (χ1n) is 7.80. The van der Waals surface area contributed by atoms with Gasteiger partial charge in [-0.25, -0.2) is 4.98 Å². The number of thiocarbonyl (C=S) groups is 1. The molecule has 0 radical (unpaired) electrons. The van der Waals surface area contributed by atoms with Crippen molar-refractivity contribution in [2.75, 3.05) is 11.9 Å². The molecule has 0 spiro atoms. The molecule has 0 unspecified atom stereocenters. The Morgan fingerprint density at radius 3 is 2.85 bits per heavy atom. The number of nitrogens with zero attached hydrogens (tertiary/aromatic N) is 2. The topological polar surface area (TPSA) is 62.3 Å². The molecule has 8 heteroatoms. The maximum atomic E-state index is 12.5. The van der Waals surface area contributed by atoms with Gasteiger partial charge in [-0.05, 0) is 11.6 Å². The van der Waals surface area contributed by atoms with Crippen LogP contribution in [0.3, 0.4) is 0 Å². The molecule has 1 N–H and O–H groups in total. The van der Waals surface area contributed by atoms with Gasteiger partial charge in [0, 0.05) is 24.5 Å². The van der Waals surface area contributed by atoms with Crippen LogP contribution in [0, 0.1) is 0 Å². The number of allylic oxidation sites excluding steroid dienone is 2. The minimum atomic E-state index is -0.193. The molecule has 1 aliphatic heterocycles. The summed E-state index contributed by atoms with van der Waals surface area (Å²) in [4.78, 5) is 30.4. The van der Waals surface area contributed by atoms with Crippen molar-refractivity contribution in [2.24, 2.45) is 0 Å². The molecule has 3 rings (SSSR count). The number of benzene rings is 1. The summed E-state index contributed by atoms with van der Waals surface area (Å²) in [5.74, 6) is -0.360. The van der Waals surface area contributed by atoms with Crippen LogP contribution in [0.15, 0.2) is 59.0 Å². The average molecular weight is 402 g/mol. The van der Waals surface area contributed by atoms with Crippen LogP contribution in [0.1, 0.15) is 12.0 Å². The zero-order valence-electron chi connectivity index (χ0n) is 13.6. The fourth-order valence-corrected chi connectivity index (χ4v) is 4.00. The Morgan fingerprint density at radius 2 is 2.12 bits per heavy atom. The molecule has 5 nitrogen and oxygen atoms in total. The predicted octanol–water partition coefficient (Wildman–Crippen LogP) is 3.93. The molecule has 0 bridgehead atoms. The summed E-state index contributed by atoms with van der Waals surface area (Å²) in [5, 5.41) is 5.02. The second-order valence-corrected chi connectivity index (χ2v) is 7.83. The fourth-order valence-electron chi connectivity index (χ4n) is 2.20. The molecule has 2 aromatic rings. The van der Waals surface area contributed by atoms with E-state index in [1.807, 2.05) is 42.5 Å². The van der Waals surface area contributed by atoms with Crippen molar-refractivity contribution >= 4 is 62.7 Å². The molecule has 0 atom stereocenters. The van der Waals surface area contributed by atoms with E-state index in [9.17, 15) is 9.59 Å². The van der Waals surface area contributed by atoms with Gasteiger partial charge in [0.15, 0.2) is 5.13 Å². The van der Waals surface area contributed by atoms with Crippen molar-refractivity contribution in [1.29, 1.82) is 0 Å². The van der Waals surface area contributed by atoms with Crippen molar-refractivity contribution in [1.82, 2.24) is 9.88 Å². The molecule has 0 aliphatic carbocycles. The smallest absolute Gasteiger partial charge is 0.266 e. The second-order valence-electron chi connectivity index (χ2n) is 5.26. The highest BCUT2D eigenvalue weighted by molar-refractivity contribution is 8.26. The fraction of sp³-hybridized carbons (Fsp3) is 0.111. The molecular weight excluding hydrogens is 386 g/mol. The molecule has 1 aromatic heterocycles. The highest BCUT2D eigenvalue weighted by atomic mass is 32.2. The Bertz CT molecular complexity index is 861. The van der Waals surface area contributed by atoms with Gasteiger partial charge in [-0.2, -0.15) is 0 Å². The standard InChI is InChI=1S/C18H15N3O2S3/c22-15(20-17-19-10-12-25-17)9-11-21-16(23)14(26-18(21)24)8-4-7-13-5-2-1-3-6-13/h1-8,10,12H,9,11H2,(H,19,20,22)/b7-4+,14-8+.